The van der Waals surface area contributed by atoms with Crippen LogP contribution in [0.1, 0.15) is 18.4 Å². The summed E-state index contributed by atoms with van der Waals surface area (Å²) in [7, 11) is 2.14. The molecule has 1 aliphatic heterocycles. The Labute approximate surface area is 141 Å². The highest BCUT2D eigenvalue weighted by Crippen LogP contribution is 2.23. The van der Waals surface area contributed by atoms with E-state index in [-0.39, 0.29) is 6.10 Å². The summed E-state index contributed by atoms with van der Waals surface area (Å²) in [6.45, 7) is 4.18. The number of likely N-dealkylation sites (N-methyl/N-ethyl adjacent to an activating group) is 1. The molecule has 0 radical (unpaired) electrons. The van der Waals surface area contributed by atoms with Crippen LogP contribution in [0.15, 0.2) is 42.6 Å². The van der Waals surface area contributed by atoms with Gasteiger partial charge in [-0.1, -0.05) is 29.8 Å². The molecular weight excluding hydrogens is 300 g/mol. The molecule has 0 bridgehead atoms. The molecule has 3 heterocycles. The highest BCUT2D eigenvalue weighted by molar-refractivity contribution is 5.63. The number of fused-ring (bicyclic) bond motifs is 1. The molecule has 0 N–H and O–H groups in total. The smallest absolute Gasteiger partial charge is 0.232 e. The standard InChI is InChI=1S/C19H22N4O/c1-14-5-7-15(8-6-14)17-12-20-18-9-10-19(21-23(17)18)24-16-4-3-11-22(2)13-16/h5-10,12,16H,3-4,11,13H2,1-2H3. The Morgan fingerprint density at radius 1 is 1.12 bits per heavy atom. The van der Waals surface area contributed by atoms with E-state index in [4.69, 9.17) is 4.74 Å². The lowest BCUT2D eigenvalue weighted by atomic mass is 10.1. The van der Waals surface area contributed by atoms with Gasteiger partial charge in [0.05, 0.1) is 11.9 Å². The minimum Gasteiger partial charge on any atom is -0.472 e. The van der Waals surface area contributed by atoms with E-state index in [1.165, 1.54) is 12.0 Å². The van der Waals surface area contributed by atoms with Gasteiger partial charge in [-0.05, 0) is 39.4 Å². The predicted octanol–water partition coefficient (Wildman–Crippen LogP) is 3.18. The maximum Gasteiger partial charge on any atom is 0.232 e. The van der Waals surface area contributed by atoms with Gasteiger partial charge >= 0.3 is 0 Å². The predicted molar refractivity (Wildman–Crippen MR) is 94.3 cm³/mol. The molecular formula is C19H22N4O. The van der Waals surface area contributed by atoms with Crippen LogP contribution in [0.4, 0.5) is 0 Å². The van der Waals surface area contributed by atoms with Gasteiger partial charge in [0, 0.05) is 18.2 Å². The van der Waals surface area contributed by atoms with Gasteiger partial charge in [-0.2, -0.15) is 0 Å². The molecule has 4 rings (SSSR count). The van der Waals surface area contributed by atoms with Crippen LogP contribution in [0.25, 0.3) is 16.9 Å². The molecule has 0 spiro atoms. The molecule has 124 valence electrons. The molecule has 0 aliphatic carbocycles. The van der Waals surface area contributed by atoms with Crippen LogP contribution in [0, 0.1) is 6.92 Å². The zero-order valence-electron chi connectivity index (χ0n) is 14.1. The second-order valence-corrected chi connectivity index (χ2v) is 6.60. The monoisotopic (exact) mass is 322 g/mol. The summed E-state index contributed by atoms with van der Waals surface area (Å²) in [5.41, 5.74) is 4.16. The van der Waals surface area contributed by atoms with Crippen LogP contribution in [-0.4, -0.2) is 45.7 Å². The third kappa shape index (κ3) is 2.99. The van der Waals surface area contributed by atoms with Crippen LogP contribution >= 0.6 is 0 Å². The summed E-state index contributed by atoms with van der Waals surface area (Å²) in [6.07, 6.45) is 4.33. The van der Waals surface area contributed by atoms with Crippen molar-refractivity contribution in [3.8, 4) is 17.1 Å². The quantitative estimate of drug-likeness (QED) is 0.743. The molecule has 1 atom stereocenters. The van der Waals surface area contributed by atoms with E-state index in [1.54, 1.807) is 0 Å². The molecule has 24 heavy (non-hydrogen) atoms. The zero-order chi connectivity index (χ0) is 16.5. The van der Waals surface area contributed by atoms with Crippen molar-refractivity contribution in [1.29, 1.82) is 0 Å². The first-order valence-corrected chi connectivity index (χ1v) is 8.46. The van der Waals surface area contributed by atoms with E-state index in [2.05, 4.69) is 53.2 Å². The van der Waals surface area contributed by atoms with Crippen LogP contribution in [0.2, 0.25) is 0 Å². The largest absolute Gasteiger partial charge is 0.472 e. The maximum atomic E-state index is 6.11. The van der Waals surface area contributed by atoms with Crippen LogP contribution in [-0.2, 0) is 0 Å². The van der Waals surface area contributed by atoms with Gasteiger partial charge in [0.15, 0.2) is 5.65 Å². The Balaban J connectivity index is 1.64. The Morgan fingerprint density at radius 2 is 1.96 bits per heavy atom. The molecule has 1 fully saturated rings. The number of rotatable bonds is 3. The first-order chi connectivity index (χ1) is 11.7. The second-order valence-electron chi connectivity index (χ2n) is 6.60. The fraction of sp³-hybridized carbons (Fsp3) is 0.368. The van der Waals surface area contributed by atoms with Crippen molar-refractivity contribution in [2.75, 3.05) is 20.1 Å². The van der Waals surface area contributed by atoms with E-state index >= 15 is 0 Å². The van der Waals surface area contributed by atoms with E-state index in [0.29, 0.717) is 5.88 Å². The maximum absolute atomic E-state index is 6.11. The number of benzene rings is 1. The Hall–Kier alpha value is -2.40. The summed E-state index contributed by atoms with van der Waals surface area (Å²) < 4.78 is 7.98. The molecule has 3 aromatic rings. The molecule has 2 aromatic heterocycles. The highest BCUT2D eigenvalue weighted by Gasteiger charge is 2.19. The first kappa shape index (κ1) is 15.1. The topological polar surface area (TPSA) is 42.7 Å². The number of hydrogen-bond acceptors (Lipinski definition) is 4. The van der Waals surface area contributed by atoms with Crippen molar-refractivity contribution in [2.45, 2.75) is 25.9 Å². The lowest BCUT2D eigenvalue weighted by molar-refractivity contribution is 0.0988. The average molecular weight is 322 g/mol. The van der Waals surface area contributed by atoms with Crippen molar-refractivity contribution in [3.05, 3.63) is 48.2 Å². The Kier molecular flexibility index (Phi) is 3.94. The van der Waals surface area contributed by atoms with Crippen LogP contribution in [0.3, 0.4) is 0 Å². The van der Waals surface area contributed by atoms with Gasteiger partial charge in [-0.15, -0.1) is 5.10 Å². The van der Waals surface area contributed by atoms with E-state index in [1.807, 2.05) is 22.8 Å². The van der Waals surface area contributed by atoms with Crippen molar-refractivity contribution in [1.82, 2.24) is 19.5 Å². The van der Waals surface area contributed by atoms with Crippen LogP contribution < -0.4 is 4.74 Å². The number of likely N-dealkylation sites (tertiary alicyclic amines) is 1. The van der Waals surface area contributed by atoms with Crippen LogP contribution in [0.5, 0.6) is 5.88 Å². The number of aryl methyl sites for hydroxylation is 1. The molecule has 0 saturated carbocycles. The lowest BCUT2D eigenvalue weighted by Crippen LogP contribution is -2.38. The second kappa shape index (κ2) is 6.24. The minimum absolute atomic E-state index is 0.208. The number of aromatic nitrogens is 3. The van der Waals surface area contributed by atoms with Gasteiger partial charge in [0.1, 0.15) is 6.10 Å². The Morgan fingerprint density at radius 3 is 2.75 bits per heavy atom. The number of hydrogen-bond donors (Lipinski definition) is 0. The number of ether oxygens (including phenoxy) is 1. The number of imidazole rings is 1. The molecule has 0 amide bonds. The summed E-state index contributed by atoms with van der Waals surface area (Å²) in [5.74, 6) is 0.661. The SMILES string of the molecule is Cc1ccc(-c2cnc3ccc(OC4CCCN(C)C4)nn23)cc1. The number of piperidine rings is 1. The highest BCUT2D eigenvalue weighted by atomic mass is 16.5. The minimum atomic E-state index is 0.208. The van der Waals surface area contributed by atoms with Gasteiger partial charge in [-0.3, -0.25) is 0 Å². The summed E-state index contributed by atoms with van der Waals surface area (Å²) >= 11 is 0. The van der Waals surface area contributed by atoms with Crippen molar-refractivity contribution in [3.63, 3.8) is 0 Å². The molecule has 1 aromatic carbocycles. The third-order valence-corrected chi connectivity index (χ3v) is 4.55. The van der Waals surface area contributed by atoms with E-state index < -0.39 is 0 Å². The van der Waals surface area contributed by atoms with Gasteiger partial charge in [0.2, 0.25) is 5.88 Å². The average Bonchev–Trinajstić information content (AvgIpc) is 2.99. The van der Waals surface area contributed by atoms with E-state index in [0.717, 1.165) is 36.4 Å². The molecule has 5 heteroatoms. The van der Waals surface area contributed by atoms with Crippen molar-refractivity contribution in [2.24, 2.45) is 0 Å². The van der Waals surface area contributed by atoms with Crippen molar-refractivity contribution >= 4 is 5.65 Å². The van der Waals surface area contributed by atoms with E-state index in [9.17, 15) is 0 Å². The Bertz CT molecular complexity index is 840. The lowest BCUT2D eigenvalue weighted by Gasteiger charge is -2.29. The normalized spacial score (nSPS) is 18.8. The summed E-state index contributed by atoms with van der Waals surface area (Å²) in [5, 5.41) is 4.67. The fourth-order valence-electron chi connectivity index (χ4n) is 3.23. The van der Waals surface area contributed by atoms with Gasteiger partial charge < -0.3 is 9.64 Å². The molecule has 5 nitrogen and oxygen atoms in total. The van der Waals surface area contributed by atoms with Crippen molar-refractivity contribution < 1.29 is 4.74 Å². The first-order valence-electron chi connectivity index (χ1n) is 8.46. The zero-order valence-corrected chi connectivity index (χ0v) is 14.1. The molecule has 1 saturated heterocycles. The van der Waals surface area contributed by atoms with Gasteiger partial charge in [-0.25, -0.2) is 9.50 Å². The molecule has 1 unspecified atom stereocenters. The van der Waals surface area contributed by atoms with Gasteiger partial charge in [0.25, 0.3) is 0 Å². The molecule has 1 aliphatic rings. The summed E-state index contributed by atoms with van der Waals surface area (Å²) in [4.78, 5) is 6.76. The number of nitrogens with zero attached hydrogens (tertiary/aromatic N) is 4. The summed E-state index contributed by atoms with van der Waals surface area (Å²) in [6, 6.07) is 12.3. The fourth-order valence-corrected chi connectivity index (χ4v) is 3.23. The third-order valence-electron chi connectivity index (χ3n) is 4.55.